The summed E-state index contributed by atoms with van der Waals surface area (Å²) in [7, 11) is 1.39. The molecule has 0 spiro atoms. The number of aromatic nitrogens is 1. The third kappa shape index (κ3) is 5.68. The van der Waals surface area contributed by atoms with Crippen LogP contribution in [0.2, 0.25) is 5.02 Å². The Morgan fingerprint density at radius 2 is 1.82 bits per heavy atom. The summed E-state index contributed by atoms with van der Waals surface area (Å²) in [4.78, 5) is 24.0. The van der Waals surface area contributed by atoms with Gasteiger partial charge in [-0.2, -0.15) is 0 Å². The Labute approximate surface area is 202 Å². The largest absolute Gasteiger partial charge is 0.464 e. The second-order valence-corrected chi connectivity index (χ2v) is 9.61. The number of nitrogens with zero attached hydrogens (tertiary/aromatic N) is 4. The van der Waals surface area contributed by atoms with Gasteiger partial charge in [-0.3, -0.25) is 9.80 Å². The topological polar surface area (TPSA) is 48.9 Å². The van der Waals surface area contributed by atoms with Crippen LogP contribution in [0.4, 0.5) is 5.69 Å². The average molecular weight is 471 g/mol. The van der Waals surface area contributed by atoms with E-state index in [1.807, 2.05) is 25.1 Å². The van der Waals surface area contributed by atoms with Gasteiger partial charge in [-0.05, 0) is 69.1 Å². The molecule has 0 bridgehead atoms. The third-order valence-electron chi connectivity index (χ3n) is 7.14. The maximum atomic E-state index is 11.8. The number of halogens is 1. The van der Waals surface area contributed by atoms with Crippen molar-refractivity contribution in [2.24, 2.45) is 0 Å². The van der Waals surface area contributed by atoms with Gasteiger partial charge in [0, 0.05) is 43.3 Å². The van der Waals surface area contributed by atoms with Crippen LogP contribution in [0.1, 0.15) is 47.9 Å². The molecule has 0 unspecified atom stereocenters. The first kappa shape index (κ1) is 24.0. The van der Waals surface area contributed by atoms with Gasteiger partial charge in [0.1, 0.15) is 5.69 Å². The molecule has 0 saturated carbocycles. The zero-order valence-corrected chi connectivity index (χ0v) is 20.7. The monoisotopic (exact) mass is 470 g/mol. The predicted molar refractivity (Wildman–Crippen MR) is 133 cm³/mol. The van der Waals surface area contributed by atoms with Gasteiger partial charge in [0.15, 0.2) is 0 Å². The molecule has 7 heteroatoms. The molecule has 0 N–H and O–H groups in total. The van der Waals surface area contributed by atoms with Crippen LogP contribution in [0.15, 0.2) is 36.4 Å². The summed E-state index contributed by atoms with van der Waals surface area (Å²) in [5.41, 5.74) is 3.71. The Balaban J connectivity index is 1.34. The lowest BCUT2D eigenvalue weighted by molar-refractivity contribution is 0.0592. The predicted octanol–water partition coefficient (Wildman–Crippen LogP) is 4.40. The number of methoxy groups -OCH3 is 1. The number of aryl methyl sites for hydroxylation is 1. The molecule has 0 amide bonds. The number of hydrogen-bond acceptors (Lipinski definition) is 6. The quantitative estimate of drug-likeness (QED) is 0.583. The van der Waals surface area contributed by atoms with E-state index < -0.39 is 0 Å². The van der Waals surface area contributed by atoms with Crippen LogP contribution in [0, 0.1) is 6.92 Å². The normalized spacial score (nSPS) is 20.7. The van der Waals surface area contributed by atoms with E-state index in [2.05, 4.69) is 38.7 Å². The summed E-state index contributed by atoms with van der Waals surface area (Å²) in [6.45, 7) is 10.6. The van der Waals surface area contributed by atoms with Crippen LogP contribution in [0.25, 0.3) is 0 Å². The first-order valence-corrected chi connectivity index (χ1v) is 12.4. The number of likely N-dealkylation sites (tertiary alicyclic amines) is 1. The molecule has 33 heavy (non-hydrogen) atoms. The van der Waals surface area contributed by atoms with Crippen LogP contribution >= 0.6 is 11.6 Å². The molecule has 2 aromatic rings. The zero-order valence-electron chi connectivity index (χ0n) is 20.0. The number of ether oxygens (including phenoxy) is 1. The highest BCUT2D eigenvalue weighted by Gasteiger charge is 2.33. The van der Waals surface area contributed by atoms with Crippen LogP contribution in [-0.2, 0) is 11.3 Å². The van der Waals surface area contributed by atoms with Gasteiger partial charge in [0.2, 0.25) is 0 Å². The molecule has 1 aromatic heterocycles. The summed E-state index contributed by atoms with van der Waals surface area (Å²) in [6, 6.07) is 13.2. The molecule has 178 valence electrons. The first-order valence-electron chi connectivity index (χ1n) is 12.0. The van der Waals surface area contributed by atoms with Crippen molar-refractivity contribution in [1.82, 2.24) is 14.8 Å². The SMILES string of the molecule is CC[C@H]1CN(c2ccc(C(=O)OC)nc2C)CCN1C1CCN(Cc2ccc(Cl)cc2)CC1. The van der Waals surface area contributed by atoms with Gasteiger partial charge >= 0.3 is 5.97 Å². The van der Waals surface area contributed by atoms with E-state index in [0.717, 1.165) is 62.1 Å². The number of piperidine rings is 1. The van der Waals surface area contributed by atoms with Gasteiger partial charge in [-0.25, -0.2) is 9.78 Å². The first-order chi connectivity index (χ1) is 16.0. The number of piperazine rings is 1. The second-order valence-electron chi connectivity index (χ2n) is 9.17. The van der Waals surface area contributed by atoms with Crippen LogP contribution < -0.4 is 4.90 Å². The minimum Gasteiger partial charge on any atom is -0.464 e. The lowest BCUT2D eigenvalue weighted by atomic mass is 9.97. The number of carbonyl (C=O) groups excluding carboxylic acids is 1. The van der Waals surface area contributed by atoms with Crippen molar-refractivity contribution in [3.8, 4) is 0 Å². The molecule has 2 saturated heterocycles. The summed E-state index contributed by atoms with van der Waals surface area (Å²) >= 11 is 6.03. The molecule has 1 aromatic carbocycles. The van der Waals surface area contributed by atoms with E-state index in [1.54, 1.807) is 6.07 Å². The smallest absolute Gasteiger partial charge is 0.356 e. The summed E-state index contributed by atoms with van der Waals surface area (Å²) in [5, 5.41) is 0.799. The van der Waals surface area contributed by atoms with E-state index in [-0.39, 0.29) is 5.97 Å². The standard InChI is InChI=1S/C26H35ClN4O2/c1-4-22-18-30(25-10-9-24(26(32)33-3)28-19(25)2)15-16-31(22)23-11-13-29(14-12-23)17-20-5-7-21(27)8-6-20/h5-10,22-23H,4,11-18H2,1-3H3/t22-/m0/s1. The van der Waals surface area contributed by atoms with Crippen molar-refractivity contribution in [1.29, 1.82) is 0 Å². The molecule has 4 rings (SSSR count). The van der Waals surface area contributed by atoms with Crippen molar-refractivity contribution in [3.05, 3.63) is 58.4 Å². The number of esters is 1. The lowest BCUT2D eigenvalue weighted by Gasteiger charge is -2.48. The van der Waals surface area contributed by atoms with Crippen molar-refractivity contribution in [2.75, 3.05) is 44.7 Å². The Morgan fingerprint density at radius 1 is 1.09 bits per heavy atom. The van der Waals surface area contributed by atoms with Crippen molar-refractivity contribution >= 4 is 23.3 Å². The summed E-state index contributed by atoms with van der Waals surface area (Å²) in [5.74, 6) is -0.386. The Bertz CT molecular complexity index is 944. The maximum absolute atomic E-state index is 11.8. The summed E-state index contributed by atoms with van der Waals surface area (Å²) in [6.07, 6.45) is 3.57. The molecule has 2 aliphatic rings. The highest BCUT2D eigenvalue weighted by molar-refractivity contribution is 6.30. The fourth-order valence-corrected chi connectivity index (χ4v) is 5.42. The average Bonchev–Trinajstić information content (AvgIpc) is 2.85. The number of benzene rings is 1. The fourth-order valence-electron chi connectivity index (χ4n) is 5.30. The van der Waals surface area contributed by atoms with Crippen LogP contribution in [0.5, 0.6) is 0 Å². The molecule has 3 heterocycles. The van der Waals surface area contributed by atoms with Crippen LogP contribution in [-0.4, -0.2) is 72.7 Å². The maximum Gasteiger partial charge on any atom is 0.356 e. The Hall–Kier alpha value is -2.15. The molecule has 6 nitrogen and oxygen atoms in total. The highest BCUT2D eigenvalue weighted by Crippen LogP contribution is 2.28. The number of pyridine rings is 1. The van der Waals surface area contributed by atoms with Gasteiger partial charge in [0.05, 0.1) is 18.5 Å². The van der Waals surface area contributed by atoms with Crippen molar-refractivity contribution in [3.63, 3.8) is 0 Å². The van der Waals surface area contributed by atoms with Crippen LogP contribution in [0.3, 0.4) is 0 Å². The van der Waals surface area contributed by atoms with Crippen molar-refractivity contribution < 1.29 is 9.53 Å². The number of carbonyl (C=O) groups is 1. The van der Waals surface area contributed by atoms with Gasteiger partial charge < -0.3 is 9.64 Å². The number of hydrogen-bond donors (Lipinski definition) is 0. The van der Waals surface area contributed by atoms with E-state index >= 15 is 0 Å². The molecule has 0 radical (unpaired) electrons. The molecular weight excluding hydrogens is 436 g/mol. The molecule has 2 fully saturated rings. The van der Waals surface area contributed by atoms with Gasteiger partial charge in [-0.15, -0.1) is 0 Å². The fraction of sp³-hybridized carbons (Fsp3) is 0.538. The zero-order chi connectivity index (χ0) is 23.4. The molecule has 2 aliphatic heterocycles. The summed E-state index contributed by atoms with van der Waals surface area (Å²) < 4.78 is 4.81. The Kier molecular flexibility index (Phi) is 7.89. The highest BCUT2D eigenvalue weighted by atomic mass is 35.5. The van der Waals surface area contributed by atoms with Crippen molar-refractivity contribution in [2.45, 2.75) is 51.7 Å². The number of anilines is 1. The second kappa shape index (κ2) is 10.9. The van der Waals surface area contributed by atoms with E-state index in [1.165, 1.54) is 25.5 Å². The minimum atomic E-state index is -0.386. The van der Waals surface area contributed by atoms with Gasteiger partial charge in [0.25, 0.3) is 0 Å². The third-order valence-corrected chi connectivity index (χ3v) is 7.39. The number of rotatable bonds is 6. The van der Waals surface area contributed by atoms with E-state index in [4.69, 9.17) is 16.3 Å². The van der Waals surface area contributed by atoms with Gasteiger partial charge in [-0.1, -0.05) is 30.7 Å². The molecule has 1 atom stereocenters. The molecule has 0 aliphatic carbocycles. The Morgan fingerprint density at radius 3 is 2.45 bits per heavy atom. The minimum absolute atomic E-state index is 0.370. The lowest BCUT2D eigenvalue weighted by Crippen LogP contribution is -2.58. The van der Waals surface area contributed by atoms with E-state index in [0.29, 0.717) is 17.8 Å². The molecular formula is C26H35ClN4O2. The van der Waals surface area contributed by atoms with E-state index in [9.17, 15) is 4.79 Å².